The van der Waals surface area contributed by atoms with Crippen molar-refractivity contribution in [3.8, 4) is 17.2 Å². The third-order valence-corrected chi connectivity index (χ3v) is 3.00. The maximum atomic E-state index is 9.66. The molecule has 0 saturated carbocycles. The molecule has 94 valence electrons. The van der Waals surface area contributed by atoms with Crippen molar-refractivity contribution in [3.05, 3.63) is 52.5 Å². The predicted molar refractivity (Wildman–Crippen MR) is 70.3 cm³/mol. The molecular weight excluding hydrogens is 252 g/mol. The van der Waals surface area contributed by atoms with Crippen molar-refractivity contribution in [2.75, 3.05) is 0 Å². The Bertz CT molecular complexity index is 567. The van der Waals surface area contributed by atoms with E-state index in [9.17, 15) is 15.3 Å². The zero-order valence-corrected chi connectivity index (χ0v) is 10.4. The SMILES string of the molecule is Oc1ccc(CCc2cc(Cl)ccc2O)cc1O. The van der Waals surface area contributed by atoms with Crippen LogP contribution >= 0.6 is 11.6 Å². The highest BCUT2D eigenvalue weighted by atomic mass is 35.5. The standard InChI is InChI=1S/C14H13ClO3/c15-11-4-6-12(16)10(8-11)3-1-9-2-5-13(17)14(18)7-9/h2,4-8,16-18H,1,3H2. The maximum absolute atomic E-state index is 9.66. The number of halogens is 1. The Morgan fingerprint density at radius 1 is 0.778 bits per heavy atom. The van der Waals surface area contributed by atoms with Crippen LogP contribution in [0.1, 0.15) is 11.1 Å². The number of rotatable bonds is 3. The summed E-state index contributed by atoms with van der Waals surface area (Å²) in [4.78, 5) is 0. The second-order valence-corrected chi connectivity index (χ2v) is 4.53. The van der Waals surface area contributed by atoms with Crippen LogP contribution in [0.25, 0.3) is 0 Å². The Hall–Kier alpha value is -1.87. The molecule has 0 saturated heterocycles. The van der Waals surface area contributed by atoms with E-state index in [0.717, 1.165) is 11.1 Å². The van der Waals surface area contributed by atoms with Gasteiger partial charge in [-0.15, -0.1) is 0 Å². The summed E-state index contributed by atoms with van der Waals surface area (Å²) in [5, 5.41) is 28.8. The summed E-state index contributed by atoms with van der Waals surface area (Å²) < 4.78 is 0. The first-order chi connectivity index (χ1) is 8.56. The van der Waals surface area contributed by atoms with Gasteiger partial charge in [-0.2, -0.15) is 0 Å². The first-order valence-electron chi connectivity index (χ1n) is 5.54. The van der Waals surface area contributed by atoms with E-state index in [4.69, 9.17) is 11.6 Å². The van der Waals surface area contributed by atoms with Crippen molar-refractivity contribution in [2.45, 2.75) is 12.8 Å². The molecule has 0 heterocycles. The molecule has 3 nitrogen and oxygen atoms in total. The lowest BCUT2D eigenvalue weighted by molar-refractivity contribution is 0.403. The molecule has 3 N–H and O–H groups in total. The molecular formula is C14H13ClO3. The normalized spacial score (nSPS) is 10.5. The quantitative estimate of drug-likeness (QED) is 0.746. The fourth-order valence-electron chi connectivity index (χ4n) is 1.76. The fraction of sp³-hybridized carbons (Fsp3) is 0.143. The van der Waals surface area contributed by atoms with Gasteiger partial charge >= 0.3 is 0 Å². The van der Waals surface area contributed by atoms with Gasteiger partial charge in [0, 0.05) is 5.02 Å². The van der Waals surface area contributed by atoms with E-state index in [1.165, 1.54) is 12.1 Å². The van der Waals surface area contributed by atoms with Crippen LogP contribution < -0.4 is 0 Å². The molecule has 0 aliphatic heterocycles. The average Bonchev–Trinajstić information content (AvgIpc) is 2.34. The van der Waals surface area contributed by atoms with Gasteiger partial charge in [-0.1, -0.05) is 17.7 Å². The molecule has 0 aliphatic carbocycles. The number of aryl methyl sites for hydroxylation is 2. The van der Waals surface area contributed by atoms with Crippen LogP contribution in [0, 0.1) is 0 Å². The van der Waals surface area contributed by atoms with Crippen LogP contribution in [-0.4, -0.2) is 15.3 Å². The van der Waals surface area contributed by atoms with Crippen molar-refractivity contribution in [2.24, 2.45) is 0 Å². The van der Waals surface area contributed by atoms with Gasteiger partial charge in [0.1, 0.15) is 5.75 Å². The van der Waals surface area contributed by atoms with Gasteiger partial charge in [0.05, 0.1) is 0 Å². The Morgan fingerprint density at radius 3 is 2.22 bits per heavy atom. The number of aromatic hydroxyl groups is 3. The average molecular weight is 265 g/mol. The van der Waals surface area contributed by atoms with E-state index in [0.29, 0.717) is 17.9 Å². The van der Waals surface area contributed by atoms with E-state index in [2.05, 4.69) is 0 Å². The van der Waals surface area contributed by atoms with E-state index in [-0.39, 0.29) is 17.2 Å². The molecule has 2 aromatic carbocycles. The van der Waals surface area contributed by atoms with Crippen LogP contribution in [0.5, 0.6) is 17.2 Å². The minimum Gasteiger partial charge on any atom is -0.508 e. The number of benzene rings is 2. The lowest BCUT2D eigenvalue weighted by atomic mass is 10.0. The summed E-state index contributed by atoms with van der Waals surface area (Å²) in [7, 11) is 0. The van der Waals surface area contributed by atoms with Crippen LogP contribution in [0.3, 0.4) is 0 Å². The minimum atomic E-state index is -0.136. The number of hydrogen-bond donors (Lipinski definition) is 3. The molecule has 0 atom stereocenters. The molecule has 2 aromatic rings. The largest absolute Gasteiger partial charge is 0.508 e. The van der Waals surface area contributed by atoms with Gasteiger partial charge in [-0.25, -0.2) is 0 Å². The number of phenols is 3. The number of hydrogen-bond acceptors (Lipinski definition) is 3. The molecule has 0 spiro atoms. The first-order valence-corrected chi connectivity index (χ1v) is 5.92. The molecule has 0 aliphatic rings. The summed E-state index contributed by atoms with van der Waals surface area (Å²) >= 11 is 5.86. The third kappa shape index (κ3) is 2.87. The van der Waals surface area contributed by atoms with Crippen LogP contribution in [0.2, 0.25) is 5.02 Å². The summed E-state index contributed by atoms with van der Waals surface area (Å²) in [5.74, 6) is -0.0606. The first kappa shape index (κ1) is 12.6. The zero-order chi connectivity index (χ0) is 13.1. The predicted octanol–water partition coefficient (Wildman–Crippen LogP) is 3.24. The Kier molecular flexibility index (Phi) is 3.63. The molecule has 0 unspecified atom stereocenters. The molecule has 2 rings (SSSR count). The van der Waals surface area contributed by atoms with E-state index in [1.54, 1.807) is 24.3 Å². The topological polar surface area (TPSA) is 60.7 Å². The molecule has 0 amide bonds. The summed E-state index contributed by atoms with van der Waals surface area (Å²) in [6, 6.07) is 9.60. The van der Waals surface area contributed by atoms with Crippen LogP contribution in [-0.2, 0) is 12.8 Å². The van der Waals surface area contributed by atoms with Crippen molar-refractivity contribution in [1.29, 1.82) is 0 Å². The van der Waals surface area contributed by atoms with Crippen molar-refractivity contribution < 1.29 is 15.3 Å². The van der Waals surface area contributed by atoms with Crippen molar-refractivity contribution >= 4 is 11.6 Å². The summed E-state index contributed by atoms with van der Waals surface area (Å²) in [5.41, 5.74) is 1.64. The molecule has 0 aromatic heterocycles. The smallest absolute Gasteiger partial charge is 0.157 e. The fourth-order valence-corrected chi connectivity index (χ4v) is 1.95. The molecule has 4 heteroatoms. The highest BCUT2D eigenvalue weighted by molar-refractivity contribution is 6.30. The molecule has 18 heavy (non-hydrogen) atoms. The lowest BCUT2D eigenvalue weighted by Crippen LogP contribution is -1.92. The summed E-state index contributed by atoms with van der Waals surface area (Å²) in [6.07, 6.45) is 1.25. The summed E-state index contributed by atoms with van der Waals surface area (Å²) in [6.45, 7) is 0. The van der Waals surface area contributed by atoms with E-state index >= 15 is 0 Å². The lowest BCUT2D eigenvalue weighted by Gasteiger charge is -2.06. The third-order valence-electron chi connectivity index (χ3n) is 2.76. The molecule has 0 bridgehead atoms. The van der Waals surface area contributed by atoms with Crippen molar-refractivity contribution in [3.63, 3.8) is 0 Å². The van der Waals surface area contributed by atoms with Gasteiger partial charge in [-0.05, 0) is 54.3 Å². The van der Waals surface area contributed by atoms with Gasteiger partial charge in [-0.3, -0.25) is 0 Å². The highest BCUT2D eigenvalue weighted by Gasteiger charge is 2.05. The van der Waals surface area contributed by atoms with Gasteiger partial charge in [0.25, 0.3) is 0 Å². The van der Waals surface area contributed by atoms with Crippen molar-refractivity contribution in [1.82, 2.24) is 0 Å². The zero-order valence-electron chi connectivity index (χ0n) is 9.60. The monoisotopic (exact) mass is 264 g/mol. The molecule has 0 fully saturated rings. The van der Waals surface area contributed by atoms with Crippen LogP contribution in [0.15, 0.2) is 36.4 Å². The maximum Gasteiger partial charge on any atom is 0.157 e. The van der Waals surface area contributed by atoms with Gasteiger partial charge < -0.3 is 15.3 Å². The minimum absolute atomic E-state index is 0.135. The van der Waals surface area contributed by atoms with Gasteiger partial charge in [0.15, 0.2) is 11.5 Å². The Morgan fingerprint density at radius 2 is 1.50 bits per heavy atom. The van der Waals surface area contributed by atoms with Crippen LogP contribution in [0.4, 0.5) is 0 Å². The molecule has 0 radical (unpaired) electrons. The van der Waals surface area contributed by atoms with E-state index in [1.807, 2.05) is 0 Å². The Labute approximate surface area is 110 Å². The number of phenolic OH excluding ortho intramolecular Hbond substituents is 3. The second-order valence-electron chi connectivity index (χ2n) is 4.10. The van der Waals surface area contributed by atoms with E-state index < -0.39 is 0 Å². The Balaban J connectivity index is 2.11. The second kappa shape index (κ2) is 5.19. The van der Waals surface area contributed by atoms with Gasteiger partial charge in [0.2, 0.25) is 0 Å². The highest BCUT2D eigenvalue weighted by Crippen LogP contribution is 2.27.